The number of anilines is 1. The molecule has 1 aromatic carbocycles. The van der Waals surface area contributed by atoms with Gasteiger partial charge in [0.1, 0.15) is 0 Å². The fourth-order valence-electron chi connectivity index (χ4n) is 3.14. The second kappa shape index (κ2) is 5.80. The summed E-state index contributed by atoms with van der Waals surface area (Å²) in [6.07, 6.45) is 1.41. The molecular formula is C16H22ClN3O2. The van der Waals surface area contributed by atoms with Crippen molar-refractivity contribution < 1.29 is 10.0 Å². The molecule has 0 atom stereocenters. The second-order valence-electron chi connectivity index (χ2n) is 6.69. The summed E-state index contributed by atoms with van der Waals surface area (Å²) >= 11 is 5.86. The lowest BCUT2D eigenvalue weighted by molar-refractivity contribution is 0.0732. The molecule has 0 aromatic heterocycles. The van der Waals surface area contributed by atoms with Crippen LogP contribution in [0.15, 0.2) is 29.4 Å². The minimum absolute atomic E-state index is 0.224. The van der Waals surface area contributed by atoms with E-state index in [0.29, 0.717) is 22.8 Å². The fourth-order valence-corrected chi connectivity index (χ4v) is 3.27. The van der Waals surface area contributed by atoms with E-state index in [-0.39, 0.29) is 11.6 Å². The number of carbonyl (C=O) groups excluding carboxylic acids is 1. The quantitative estimate of drug-likeness (QED) is 0.596. The molecule has 0 bridgehead atoms. The Hall–Kier alpha value is -1.75. The highest BCUT2D eigenvalue weighted by Gasteiger charge is 2.48. The van der Waals surface area contributed by atoms with E-state index in [4.69, 9.17) is 11.6 Å². The van der Waals surface area contributed by atoms with E-state index in [1.54, 1.807) is 29.2 Å². The zero-order valence-electron chi connectivity index (χ0n) is 13.4. The molecule has 5 nitrogen and oxygen atoms in total. The normalized spacial score (nSPS) is 21.7. The Morgan fingerprint density at radius 1 is 1.27 bits per heavy atom. The summed E-state index contributed by atoms with van der Waals surface area (Å²) in [5, 5.41) is 16.1. The number of halogens is 1. The maximum Gasteiger partial charge on any atom is 0.323 e. The van der Waals surface area contributed by atoms with Crippen LogP contribution < -0.4 is 5.32 Å². The van der Waals surface area contributed by atoms with Gasteiger partial charge in [-0.2, -0.15) is 0 Å². The third-order valence-corrected chi connectivity index (χ3v) is 4.52. The van der Waals surface area contributed by atoms with Crippen LogP contribution in [0.2, 0.25) is 5.02 Å². The zero-order valence-corrected chi connectivity index (χ0v) is 14.1. The maximum atomic E-state index is 12.8. The summed E-state index contributed by atoms with van der Waals surface area (Å²) in [5.41, 5.74) is 0.286. The van der Waals surface area contributed by atoms with Crippen LogP contribution >= 0.6 is 11.6 Å². The molecule has 0 saturated carbocycles. The molecule has 120 valence electrons. The lowest BCUT2D eigenvalue weighted by atomic mass is 9.78. The molecule has 1 heterocycles. The highest BCUT2D eigenvalue weighted by Crippen LogP contribution is 2.37. The van der Waals surface area contributed by atoms with E-state index in [9.17, 15) is 10.0 Å². The van der Waals surface area contributed by atoms with Crippen molar-refractivity contribution in [3.63, 3.8) is 0 Å². The van der Waals surface area contributed by atoms with Gasteiger partial charge in [-0.05, 0) is 64.8 Å². The smallest absolute Gasteiger partial charge is 0.323 e. The number of nitrogens with one attached hydrogen (secondary N) is 1. The van der Waals surface area contributed by atoms with Gasteiger partial charge in [0.2, 0.25) is 0 Å². The molecule has 1 aliphatic heterocycles. The van der Waals surface area contributed by atoms with Gasteiger partial charge in [-0.25, -0.2) is 4.79 Å². The SMILES string of the molecule is CC1(C)CCC(=NO)C(C)(C)N1C(=O)Nc1ccc(Cl)cc1. The van der Waals surface area contributed by atoms with Crippen LogP contribution in [0.5, 0.6) is 0 Å². The Morgan fingerprint density at radius 3 is 2.41 bits per heavy atom. The van der Waals surface area contributed by atoms with Crippen LogP contribution in [-0.2, 0) is 0 Å². The van der Waals surface area contributed by atoms with Crippen molar-refractivity contribution in [1.82, 2.24) is 4.90 Å². The zero-order chi connectivity index (χ0) is 16.5. The first-order valence-corrected chi connectivity index (χ1v) is 7.64. The molecule has 2 amide bonds. The summed E-state index contributed by atoms with van der Waals surface area (Å²) in [6, 6.07) is 6.74. The third-order valence-electron chi connectivity index (χ3n) is 4.26. The summed E-state index contributed by atoms with van der Waals surface area (Å²) in [4.78, 5) is 14.5. The Kier molecular flexibility index (Phi) is 4.38. The minimum Gasteiger partial charge on any atom is -0.411 e. The number of carbonyl (C=O) groups is 1. The van der Waals surface area contributed by atoms with Gasteiger partial charge in [0.15, 0.2) is 0 Å². The van der Waals surface area contributed by atoms with Crippen molar-refractivity contribution in [2.45, 2.75) is 51.6 Å². The first kappa shape index (κ1) is 16.6. The summed E-state index contributed by atoms with van der Waals surface area (Å²) < 4.78 is 0. The number of urea groups is 1. The number of amides is 2. The van der Waals surface area contributed by atoms with E-state index < -0.39 is 5.54 Å². The standard InChI is InChI=1S/C16H22ClN3O2/c1-15(2)10-9-13(19-22)16(3,4)20(15)14(21)18-12-7-5-11(17)6-8-12/h5-8,22H,9-10H2,1-4H3,(H,18,21). The Balaban J connectivity index is 2.29. The molecule has 6 heteroatoms. The van der Waals surface area contributed by atoms with Crippen LogP contribution in [0.4, 0.5) is 10.5 Å². The predicted molar refractivity (Wildman–Crippen MR) is 88.9 cm³/mol. The third kappa shape index (κ3) is 3.04. The highest BCUT2D eigenvalue weighted by atomic mass is 35.5. The number of benzene rings is 1. The number of oxime groups is 1. The monoisotopic (exact) mass is 323 g/mol. The number of piperidine rings is 1. The number of likely N-dealkylation sites (tertiary alicyclic amines) is 1. The van der Waals surface area contributed by atoms with Gasteiger partial charge in [-0.3, -0.25) is 0 Å². The topological polar surface area (TPSA) is 64.9 Å². The van der Waals surface area contributed by atoms with Gasteiger partial charge >= 0.3 is 6.03 Å². The van der Waals surface area contributed by atoms with Gasteiger partial charge in [0.05, 0.1) is 11.3 Å². The first-order chi connectivity index (χ1) is 10.2. The second-order valence-corrected chi connectivity index (χ2v) is 7.13. The van der Waals surface area contributed by atoms with Crippen LogP contribution in [0.3, 0.4) is 0 Å². The lowest BCUT2D eigenvalue weighted by Crippen LogP contribution is -2.65. The Labute approximate surface area is 135 Å². The van der Waals surface area contributed by atoms with Gasteiger partial charge in [-0.15, -0.1) is 0 Å². The van der Waals surface area contributed by atoms with Crippen LogP contribution in [0, 0.1) is 0 Å². The summed E-state index contributed by atoms with van der Waals surface area (Å²) in [5.74, 6) is 0. The molecule has 0 radical (unpaired) electrons. The predicted octanol–water partition coefficient (Wildman–Crippen LogP) is 4.36. The van der Waals surface area contributed by atoms with E-state index in [1.807, 2.05) is 27.7 Å². The number of rotatable bonds is 1. The number of nitrogens with zero attached hydrogens (tertiary/aromatic N) is 2. The highest BCUT2D eigenvalue weighted by molar-refractivity contribution is 6.30. The van der Waals surface area contributed by atoms with Crippen molar-refractivity contribution in [3.8, 4) is 0 Å². The molecule has 1 fully saturated rings. The molecular weight excluding hydrogens is 302 g/mol. The molecule has 22 heavy (non-hydrogen) atoms. The van der Waals surface area contributed by atoms with Crippen molar-refractivity contribution in [2.75, 3.05) is 5.32 Å². The maximum absolute atomic E-state index is 12.8. The Bertz CT molecular complexity index is 594. The first-order valence-electron chi connectivity index (χ1n) is 7.27. The molecule has 0 unspecified atom stereocenters. The van der Waals surface area contributed by atoms with Gasteiger partial charge in [0, 0.05) is 16.2 Å². The van der Waals surface area contributed by atoms with Gasteiger partial charge < -0.3 is 15.4 Å². The molecule has 2 N–H and O–H groups in total. The van der Waals surface area contributed by atoms with E-state index in [1.165, 1.54) is 0 Å². The molecule has 1 aromatic rings. The van der Waals surface area contributed by atoms with Crippen LogP contribution in [-0.4, -0.2) is 32.9 Å². The van der Waals surface area contributed by atoms with E-state index in [2.05, 4.69) is 10.5 Å². The summed E-state index contributed by atoms with van der Waals surface area (Å²) in [6.45, 7) is 7.82. The average Bonchev–Trinajstić information content (AvgIpc) is 2.40. The fraction of sp³-hybridized carbons (Fsp3) is 0.500. The molecule has 0 spiro atoms. The lowest BCUT2D eigenvalue weighted by Gasteiger charge is -2.52. The molecule has 1 saturated heterocycles. The van der Waals surface area contributed by atoms with Gasteiger partial charge in [-0.1, -0.05) is 16.8 Å². The van der Waals surface area contributed by atoms with Crippen LogP contribution in [0.25, 0.3) is 0 Å². The number of hydrogen-bond donors (Lipinski definition) is 2. The number of hydrogen-bond acceptors (Lipinski definition) is 3. The molecule has 1 aliphatic rings. The largest absolute Gasteiger partial charge is 0.411 e. The van der Waals surface area contributed by atoms with E-state index >= 15 is 0 Å². The van der Waals surface area contributed by atoms with Crippen molar-refractivity contribution in [3.05, 3.63) is 29.3 Å². The van der Waals surface area contributed by atoms with Crippen molar-refractivity contribution in [1.29, 1.82) is 0 Å². The van der Waals surface area contributed by atoms with Crippen LogP contribution in [0.1, 0.15) is 40.5 Å². The Morgan fingerprint density at radius 2 is 1.86 bits per heavy atom. The summed E-state index contributed by atoms with van der Waals surface area (Å²) in [7, 11) is 0. The van der Waals surface area contributed by atoms with Crippen molar-refractivity contribution >= 4 is 29.0 Å². The molecule has 0 aliphatic carbocycles. The van der Waals surface area contributed by atoms with Crippen molar-refractivity contribution in [2.24, 2.45) is 5.16 Å². The minimum atomic E-state index is -0.660. The van der Waals surface area contributed by atoms with E-state index in [0.717, 1.165) is 6.42 Å². The average molecular weight is 324 g/mol. The molecule has 2 rings (SSSR count). The van der Waals surface area contributed by atoms with Gasteiger partial charge in [0.25, 0.3) is 0 Å².